The normalized spacial score (nSPS) is 17.5. The van der Waals surface area contributed by atoms with Crippen molar-refractivity contribution in [2.24, 2.45) is 0 Å². The van der Waals surface area contributed by atoms with E-state index >= 15 is 0 Å². The van der Waals surface area contributed by atoms with Gasteiger partial charge in [0.15, 0.2) is 5.82 Å². The number of tetrazole rings is 1. The molecule has 0 amide bonds. The first-order chi connectivity index (χ1) is 14.1. The van der Waals surface area contributed by atoms with Gasteiger partial charge in [0.1, 0.15) is 6.04 Å². The van der Waals surface area contributed by atoms with E-state index in [4.69, 9.17) is 0 Å². The Kier molecular flexibility index (Phi) is 5.23. The standard InChI is InChI=1S/C22H31N7O/c1-14-11-16-13-17(21(30)23-18(16)12-15(14)2)19(28-9-7-27(6)8-10-28)20-24-25-26-29(20)22(3,4)5/h11-13,19H,7-10H2,1-6H3,(H,23,30)/t19-/m1/s1. The molecule has 0 saturated carbocycles. The number of piperazine rings is 1. The number of likely N-dealkylation sites (N-methyl/N-ethyl adjacent to an activating group) is 1. The molecule has 1 N–H and O–H groups in total. The molecule has 1 aliphatic rings. The van der Waals surface area contributed by atoms with Gasteiger partial charge < -0.3 is 9.88 Å². The van der Waals surface area contributed by atoms with Gasteiger partial charge in [-0.25, -0.2) is 4.68 Å². The number of benzene rings is 1. The Bertz CT molecular complexity index is 1120. The van der Waals surface area contributed by atoms with Crippen LogP contribution in [0.25, 0.3) is 10.9 Å². The van der Waals surface area contributed by atoms with Gasteiger partial charge in [0.2, 0.25) is 0 Å². The summed E-state index contributed by atoms with van der Waals surface area (Å²) < 4.78 is 1.85. The van der Waals surface area contributed by atoms with E-state index in [1.54, 1.807) is 0 Å². The lowest BCUT2D eigenvalue weighted by Gasteiger charge is -2.38. The highest BCUT2D eigenvalue weighted by molar-refractivity contribution is 5.81. The molecule has 4 rings (SSSR count). The van der Waals surface area contributed by atoms with Crippen LogP contribution in [-0.2, 0) is 5.54 Å². The summed E-state index contributed by atoms with van der Waals surface area (Å²) in [4.78, 5) is 21.0. The van der Waals surface area contributed by atoms with Gasteiger partial charge in [-0.15, -0.1) is 5.10 Å². The fraction of sp³-hybridized carbons (Fsp3) is 0.545. The Morgan fingerprint density at radius 1 is 1.03 bits per heavy atom. The number of H-pyrrole nitrogens is 1. The number of nitrogens with one attached hydrogen (secondary N) is 1. The molecule has 0 aliphatic carbocycles. The number of rotatable bonds is 3. The quantitative estimate of drug-likeness (QED) is 0.714. The van der Waals surface area contributed by atoms with Crippen molar-refractivity contribution in [2.45, 2.75) is 46.2 Å². The van der Waals surface area contributed by atoms with E-state index in [9.17, 15) is 4.79 Å². The fourth-order valence-electron chi connectivity index (χ4n) is 4.12. The van der Waals surface area contributed by atoms with Gasteiger partial charge in [0.05, 0.1) is 5.54 Å². The molecule has 3 aromatic rings. The Morgan fingerprint density at radius 3 is 2.37 bits per heavy atom. The van der Waals surface area contributed by atoms with Gasteiger partial charge >= 0.3 is 0 Å². The maximum Gasteiger partial charge on any atom is 0.253 e. The molecule has 8 nitrogen and oxygen atoms in total. The summed E-state index contributed by atoms with van der Waals surface area (Å²) in [7, 11) is 2.12. The number of hydrogen-bond acceptors (Lipinski definition) is 6. The Morgan fingerprint density at radius 2 is 1.70 bits per heavy atom. The molecule has 0 bridgehead atoms. The van der Waals surface area contributed by atoms with Gasteiger partial charge in [-0.05, 0) is 86.8 Å². The summed E-state index contributed by atoms with van der Waals surface area (Å²) in [5, 5.41) is 13.7. The molecule has 0 spiro atoms. The molecule has 1 aliphatic heterocycles. The first kappa shape index (κ1) is 20.7. The lowest BCUT2D eigenvalue weighted by Crippen LogP contribution is -2.48. The van der Waals surface area contributed by atoms with Crippen molar-refractivity contribution < 1.29 is 0 Å². The topological polar surface area (TPSA) is 82.9 Å². The van der Waals surface area contributed by atoms with Gasteiger partial charge in [0, 0.05) is 37.3 Å². The Balaban J connectivity index is 1.90. The largest absolute Gasteiger partial charge is 0.322 e. The number of aryl methyl sites for hydroxylation is 2. The third-order valence-corrected chi connectivity index (χ3v) is 6.06. The lowest BCUT2D eigenvalue weighted by atomic mass is 9.99. The van der Waals surface area contributed by atoms with Crippen molar-refractivity contribution in [2.75, 3.05) is 33.2 Å². The SMILES string of the molecule is Cc1cc2cc([C@H](c3nnnn3C(C)(C)C)N3CCN(C)CC3)c(=O)[nH]c2cc1C. The van der Waals surface area contributed by atoms with Crippen LogP contribution in [0.4, 0.5) is 0 Å². The van der Waals surface area contributed by atoms with Crippen LogP contribution in [0.5, 0.6) is 0 Å². The highest BCUT2D eigenvalue weighted by Gasteiger charge is 2.34. The van der Waals surface area contributed by atoms with Gasteiger partial charge in [-0.1, -0.05) is 0 Å². The highest BCUT2D eigenvalue weighted by Crippen LogP contribution is 2.30. The monoisotopic (exact) mass is 409 g/mol. The van der Waals surface area contributed by atoms with Gasteiger partial charge in [-0.2, -0.15) is 0 Å². The van der Waals surface area contributed by atoms with Crippen molar-refractivity contribution >= 4 is 10.9 Å². The molecular formula is C22H31N7O. The Hall–Kier alpha value is -2.58. The first-order valence-corrected chi connectivity index (χ1v) is 10.5. The number of aromatic nitrogens is 5. The minimum Gasteiger partial charge on any atom is -0.322 e. The van der Waals surface area contributed by atoms with Crippen LogP contribution in [0, 0.1) is 13.8 Å². The average Bonchev–Trinajstić information content (AvgIpc) is 3.15. The van der Waals surface area contributed by atoms with Crippen molar-refractivity contribution in [3.8, 4) is 0 Å². The van der Waals surface area contributed by atoms with Crippen molar-refractivity contribution in [3.05, 3.63) is 51.1 Å². The molecule has 1 atom stereocenters. The zero-order valence-corrected chi connectivity index (χ0v) is 18.7. The summed E-state index contributed by atoms with van der Waals surface area (Å²) in [5.74, 6) is 0.709. The van der Waals surface area contributed by atoms with Gasteiger partial charge in [0.25, 0.3) is 5.56 Å². The number of aromatic amines is 1. The molecule has 0 radical (unpaired) electrons. The third kappa shape index (κ3) is 3.77. The van der Waals surface area contributed by atoms with Crippen molar-refractivity contribution in [3.63, 3.8) is 0 Å². The molecule has 160 valence electrons. The molecule has 1 fully saturated rings. The van der Waals surface area contributed by atoms with Crippen LogP contribution in [0.2, 0.25) is 0 Å². The van der Waals surface area contributed by atoms with Crippen LogP contribution >= 0.6 is 0 Å². The van der Waals surface area contributed by atoms with Crippen LogP contribution in [0.15, 0.2) is 23.0 Å². The maximum absolute atomic E-state index is 13.3. The molecule has 30 heavy (non-hydrogen) atoms. The van der Waals surface area contributed by atoms with Crippen molar-refractivity contribution in [1.29, 1.82) is 0 Å². The summed E-state index contributed by atoms with van der Waals surface area (Å²) in [6, 6.07) is 5.89. The zero-order chi connectivity index (χ0) is 21.6. The first-order valence-electron chi connectivity index (χ1n) is 10.5. The molecule has 3 heterocycles. The summed E-state index contributed by atoms with van der Waals surface area (Å²) in [6.45, 7) is 14.0. The maximum atomic E-state index is 13.3. The minimum atomic E-state index is -0.303. The summed E-state index contributed by atoms with van der Waals surface area (Å²) >= 11 is 0. The number of hydrogen-bond donors (Lipinski definition) is 1. The van der Waals surface area contributed by atoms with E-state index in [-0.39, 0.29) is 17.1 Å². The van der Waals surface area contributed by atoms with E-state index in [0.29, 0.717) is 11.4 Å². The predicted molar refractivity (Wildman–Crippen MR) is 118 cm³/mol. The van der Waals surface area contributed by atoms with E-state index in [2.05, 4.69) is 78.0 Å². The molecular weight excluding hydrogens is 378 g/mol. The highest BCUT2D eigenvalue weighted by atomic mass is 16.1. The molecule has 1 saturated heterocycles. The van der Waals surface area contributed by atoms with Gasteiger partial charge in [-0.3, -0.25) is 9.69 Å². The van der Waals surface area contributed by atoms with E-state index in [1.807, 2.05) is 16.8 Å². The minimum absolute atomic E-state index is 0.0851. The number of pyridine rings is 1. The van der Waals surface area contributed by atoms with Crippen LogP contribution < -0.4 is 5.56 Å². The van der Waals surface area contributed by atoms with Crippen LogP contribution in [0.1, 0.15) is 49.3 Å². The summed E-state index contributed by atoms with van der Waals surface area (Å²) in [6.07, 6.45) is 0. The molecule has 8 heteroatoms. The summed E-state index contributed by atoms with van der Waals surface area (Å²) in [5.41, 5.74) is 3.54. The van der Waals surface area contributed by atoms with E-state index in [1.165, 1.54) is 5.56 Å². The average molecular weight is 410 g/mol. The lowest BCUT2D eigenvalue weighted by molar-refractivity contribution is 0.118. The second kappa shape index (κ2) is 7.59. The molecule has 1 aromatic carbocycles. The zero-order valence-electron chi connectivity index (χ0n) is 18.7. The molecule has 0 unspecified atom stereocenters. The third-order valence-electron chi connectivity index (χ3n) is 6.06. The molecule has 2 aromatic heterocycles. The number of fused-ring (bicyclic) bond motifs is 1. The Labute approximate surface area is 176 Å². The predicted octanol–water partition coefficient (Wildman–Crippen LogP) is 2.22. The fourth-order valence-corrected chi connectivity index (χ4v) is 4.12. The second-order valence-corrected chi connectivity index (χ2v) is 9.44. The van der Waals surface area contributed by atoms with E-state index < -0.39 is 0 Å². The van der Waals surface area contributed by atoms with E-state index in [0.717, 1.165) is 42.6 Å². The van der Waals surface area contributed by atoms with Crippen molar-refractivity contribution in [1.82, 2.24) is 35.0 Å². The van der Waals surface area contributed by atoms with Crippen LogP contribution in [0.3, 0.4) is 0 Å². The second-order valence-electron chi connectivity index (χ2n) is 9.44. The van der Waals surface area contributed by atoms with Crippen LogP contribution in [-0.4, -0.2) is 68.2 Å². The smallest absolute Gasteiger partial charge is 0.253 e. The number of nitrogens with zero attached hydrogens (tertiary/aromatic N) is 6.